The van der Waals surface area contributed by atoms with E-state index in [9.17, 15) is 14.4 Å². The Bertz CT molecular complexity index is 1010. The Morgan fingerprint density at radius 2 is 1.79 bits per heavy atom. The standard InChI is InChI=1S/C26H36N4O3S/c1-17(2)14-30(25(33)20-8-6-5-7-9-20)15-24(32)29-26-28-22(16-34-26)13-23(31)27-21-11-10-18(3)19(4)12-21/h10-12,16-17,20H,5-9,13-15H2,1-4H3,(H,27,31)(H,28,29,32). The van der Waals surface area contributed by atoms with Gasteiger partial charge in [0.1, 0.15) is 0 Å². The molecule has 184 valence electrons. The average molecular weight is 485 g/mol. The van der Waals surface area contributed by atoms with Crippen LogP contribution in [0.5, 0.6) is 0 Å². The average Bonchev–Trinajstić information content (AvgIpc) is 3.21. The monoisotopic (exact) mass is 484 g/mol. The molecule has 1 aromatic heterocycles. The Balaban J connectivity index is 1.53. The van der Waals surface area contributed by atoms with Crippen LogP contribution >= 0.6 is 11.3 Å². The van der Waals surface area contributed by atoms with Gasteiger partial charge in [0.25, 0.3) is 0 Å². The van der Waals surface area contributed by atoms with Crippen molar-refractivity contribution in [1.29, 1.82) is 0 Å². The highest BCUT2D eigenvalue weighted by Crippen LogP contribution is 2.26. The molecule has 0 atom stereocenters. The molecule has 3 amide bonds. The van der Waals surface area contributed by atoms with Crippen molar-refractivity contribution in [3.8, 4) is 0 Å². The van der Waals surface area contributed by atoms with Crippen LogP contribution in [-0.4, -0.2) is 40.7 Å². The number of carbonyl (C=O) groups excluding carboxylic acids is 3. The van der Waals surface area contributed by atoms with Gasteiger partial charge in [0.15, 0.2) is 5.13 Å². The first-order valence-electron chi connectivity index (χ1n) is 12.1. The summed E-state index contributed by atoms with van der Waals surface area (Å²) in [6, 6.07) is 5.80. The van der Waals surface area contributed by atoms with Gasteiger partial charge >= 0.3 is 0 Å². The molecule has 1 aromatic carbocycles. The van der Waals surface area contributed by atoms with Gasteiger partial charge in [-0.3, -0.25) is 14.4 Å². The minimum Gasteiger partial charge on any atom is -0.333 e. The summed E-state index contributed by atoms with van der Waals surface area (Å²) in [4.78, 5) is 44.2. The van der Waals surface area contributed by atoms with Crippen molar-refractivity contribution < 1.29 is 14.4 Å². The summed E-state index contributed by atoms with van der Waals surface area (Å²) >= 11 is 1.28. The van der Waals surface area contributed by atoms with Crippen molar-refractivity contribution in [3.63, 3.8) is 0 Å². The molecule has 0 aliphatic heterocycles. The Morgan fingerprint density at radius 1 is 1.06 bits per heavy atom. The Morgan fingerprint density at radius 3 is 2.47 bits per heavy atom. The van der Waals surface area contributed by atoms with Gasteiger partial charge in [-0.25, -0.2) is 4.98 Å². The van der Waals surface area contributed by atoms with E-state index in [1.165, 1.54) is 23.3 Å². The maximum atomic E-state index is 13.0. The third-order valence-electron chi connectivity index (χ3n) is 6.12. The van der Waals surface area contributed by atoms with Crippen LogP contribution in [0.1, 0.15) is 62.8 Å². The molecule has 7 nitrogen and oxygen atoms in total. The van der Waals surface area contributed by atoms with Gasteiger partial charge in [0.2, 0.25) is 17.7 Å². The molecule has 0 bridgehead atoms. The Hall–Kier alpha value is -2.74. The van der Waals surface area contributed by atoms with Gasteiger partial charge in [-0.1, -0.05) is 39.2 Å². The van der Waals surface area contributed by atoms with E-state index in [0.717, 1.165) is 36.9 Å². The maximum absolute atomic E-state index is 13.0. The minimum absolute atomic E-state index is 0.0235. The molecule has 1 aliphatic carbocycles. The summed E-state index contributed by atoms with van der Waals surface area (Å²) in [5.74, 6) is -0.0190. The maximum Gasteiger partial charge on any atom is 0.245 e. The van der Waals surface area contributed by atoms with Crippen LogP contribution in [0.2, 0.25) is 0 Å². The van der Waals surface area contributed by atoms with Crippen LogP contribution in [0, 0.1) is 25.7 Å². The zero-order valence-electron chi connectivity index (χ0n) is 20.6. The number of rotatable bonds is 9. The lowest BCUT2D eigenvalue weighted by Crippen LogP contribution is -2.43. The van der Waals surface area contributed by atoms with Crippen LogP contribution in [-0.2, 0) is 20.8 Å². The van der Waals surface area contributed by atoms with E-state index < -0.39 is 0 Å². The Labute approximate surface area is 206 Å². The number of nitrogens with zero attached hydrogens (tertiary/aromatic N) is 2. The quantitative estimate of drug-likeness (QED) is 0.527. The molecule has 1 heterocycles. The molecule has 1 saturated carbocycles. The van der Waals surface area contributed by atoms with E-state index in [1.807, 2.05) is 32.0 Å². The molecule has 2 N–H and O–H groups in total. The van der Waals surface area contributed by atoms with Crippen molar-refractivity contribution >= 4 is 39.9 Å². The second-order valence-corrected chi connectivity index (χ2v) is 10.5. The highest BCUT2D eigenvalue weighted by Gasteiger charge is 2.27. The predicted octanol–water partition coefficient (Wildman–Crippen LogP) is 4.94. The number of aromatic nitrogens is 1. The highest BCUT2D eigenvalue weighted by molar-refractivity contribution is 7.13. The molecule has 0 spiro atoms. The third-order valence-corrected chi connectivity index (χ3v) is 6.92. The van der Waals surface area contributed by atoms with Gasteiger partial charge in [0, 0.05) is 23.5 Å². The first-order chi connectivity index (χ1) is 16.2. The molecule has 0 saturated heterocycles. The summed E-state index contributed by atoms with van der Waals surface area (Å²) in [7, 11) is 0. The highest BCUT2D eigenvalue weighted by atomic mass is 32.1. The number of nitrogens with one attached hydrogen (secondary N) is 2. The molecule has 2 aromatic rings. The van der Waals surface area contributed by atoms with Crippen molar-refractivity contribution in [1.82, 2.24) is 9.88 Å². The van der Waals surface area contributed by atoms with Gasteiger partial charge in [-0.2, -0.15) is 0 Å². The van der Waals surface area contributed by atoms with E-state index in [1.54, 1.807) is 10.3 Å². The lowest BCUT2D eigenvalue weighted by molar-refractivity contribution is -0.139. The van der Waals surface area contributed by atoms with Gasteiger partial charge in [-0.15, -0.1) is 11.3 Å². The van der Waals surface area contributed by atoms with Crippen LogP contribution < -0.4 is 10.6 Å². The lowest BCUT2D eigenvalue weighted by Gasteiger charge is -2.30. The van der Waals surface area contributed by atoms with Gasteiger partial charge in [0.05, 0.1) is 18.7 Å². The van der Waals surface area contributed by atoms with E-state index in [0.29, 0.717) is 17.4 Å². The summed E-state index contributed by atoms with van der Waals surface area (Å²) in [6.07, 6.45) is 5.29. The third kappa shape index (κ3) is 7.65. The molecule has 34 heavy (non-hydrogen) atoms. The smallest absolute Gasteiger partial charge is 0.245 e. The summed E-state index contributed by atoms with van der Waals surface area (Å²) in [5.41, 5.74) is 3.64. The minimum atomic E-state index is -0.259. The number of carbonyl (C=O) groups is 3. The molecule has 0 unspecified atom stereocenters. The van der Waals surface area contributed by atoms with E-state index in [2.05, 4.69) is 29.5 Å². The first-order valence-corrected chi connectivity index (χ1v) is 13.0. The second kappa shape index (κ2) is 12.1. The first kappa shape index (κ1) is 25.9. The van der Waals surface area contributed by atoms with E-state index in [-0.39, 0.29) is 42.5 Å². The van der Waals surface area contributed by atoms with Gasteiger partial charge in [-0.05, 0) is 55.9 Å². The zero-order valence-corrected chi connectivity index (χ0v) is 21.5. The fourth-order valence-electron chi connectivity index (χ4n) is 4.25. The molecule has 0 radical (unpaired) electrons. The molecular weight excluding hydrogens is 448 g/mol. The van der Waals surface area contributed by atoms with Crippen LogP contribution in [0.3, 0.4) is 0 Å². The number of aryl methyl sites for hydroxylation is 2. The predicted molar refractivity (Wildman–Crippen MR) is 137 cm³/mol. The number of anilines is 2. The number of thiazole rings is 1. The molecule has 3 rings (SSSR count). The normalized spacial score (nSPS) is 14.1. The number of amides is 3. The fourth-order valence-corrected chi connectivity index (χ4v) is 4.97. The number of benzene rings is 1. The molecule has 1 fully saturated rings. The largest absolute Gasteiger partial charge is 0.333 e. The Kier molecular flexibility index (Phi) is 9.21. The molecule has 1 aliphatic rings. The van der Waals surface area contributed by atoms with Gasteiger partial charge < -0.3 is 15.5 Å². The molecule has 8 heteroatoms. The second-order valence-electron chi connectivity index (χ2n) is 9.66. The topological polar surface area (TPSA) is 91.4 Å². The van der Waals surface area contributed by atoms with Crippen molar-refractivity contribution in [3.05, 3.63) is 40.4 Å². The molecular formula is C26H36N4O3S. The number of hydrogen-bond acceptors (Lipinski definition) is 5. The van der Waals surface area contributed by atoms with Crippen molar-refractivity contribution in [2.24, 2.45) is 11.8 Å². The van der Waals surface area contributed by atoms with Crippen molar-refractivity contribution in [2.75, 3.05) is 23.7 Å². The zero-order chi connectivity index (χ0) is 24.7. The SMILES string of the molecule is Cc1ccc(NC(=O)Cc2csc(NC(=O)CN(CC(C)C)C(=O)C3CCCCC3)n2)cc1C. The van der Waals surface area contributed by atoms with Crippen LogP contribution in [0.15, 0.2) is 23.6 Å². The fraction of sp³-hybridized carbons (Fsp3) is 0.538. The summed E-state index contributed by atoms with van der Waals surface area (Å²) < 4.78 is 0. The van der Waals surface area contributed by atoms with Crippen LogP contribution in [0.4, 0.5) is 10.8 Å². The number of hydrogen-bond donors (Lipinski definition) is 2. The lowest BCUT2D eigenvalue weighted by atomic mass is 9.88. The van der Waals surface area contributed by atoms with Crippen molar-refractivity contribution in [2.45, 2.75) is 66.2 Å². The summed E-state index contributed by atoms with van der Waals surface area (Å²) in [6.45, 7) is 8.72. The summed E-state index contributed by atoms with van der Waals surface area (Å²) in [5, 5.41) is 7.90. The van der Waals surface area contributed by atoms with Crippen LogP contribution in [0.25, 0.3) is 0 Å². The van der Waals surface area contributed by atoms with E-state index >= 15 is 0 Å². The van der Waals surface area contributed by atoms with E-state index in [4.69, 9.17) is 0 Å².